The highest BCUT2D eigenvalue weighted by molar-refractivity contribution is 5.99. The van der Waals surface area contributed by atoms with Gasteiger partial charge in [-0.05, 0) is 42.3 Å². The van der Waals surface area contributed by atoms with Gasteiger partial charge < -0.3 is 14.5 Å². The van der Waals surface area contributed by atoms with Crippen molar-refractivity contribution in [2.24, 2.45) is 0 Å². The highest BCUT2D eigenvalue weighted by Crippen LogP contribution is 2.29. The first-order valence-electron chi connectivity index (χ1n) is 10.7. The second-order valence-corrected chi connectivity index (χ2v) is 7.82. The molecule has 2 heterocycles. The molecule has 6 nitrogen and oxygen atoms in total. The van der Waals surface area contributed by atoms with Crippen molar-refractivity contribution in [1.29, 1.82) is 0 Å². The van der Waals surface area contributed by atoms with E-state index in [-0.39, 0.29) is 18.4 Å². The first kappa shape index (κ1) is 21.0. The summed E-state index contributed by atoms with van der Waals surface area (Å²) >= 11 is 0. The van der Waals surface area contributed by atoms with Crippen LogP contribution in [-0.2, 0) is 11.2 Å². The predicted molar refractivity (Wildman–Crippen MR) is 120 cm³/mol. The summed E-state index contributed by atoms with van der Waals surface area (Å²) in [6.45, 7) is 4.80. The van der Waals surface area contributed by atoms with Gasteiger partial charge in [0.1, 0.15) is 12.4 Å². The average Bonchev–Trinajstić information content (AvgIpc) is 2.81. The van der Waals surface area contributed by atoms with Crippen LogP contribution in [0.1, 0.15) is 22.3 Å². The van der Waals surface area contributed by atoms with E-state index in [4.69, 9.17) is 11.2 Å². The van der Waals surface area contributed by atoms with Gasteiger partial charge in [-0.15, -0.1) is 6.42 Å². The number of para-hydroxylation sites is 1. The molecule has 0 aromatic heterocycles. The zero-order valence-corrected chi connectivity index (χ0v) is 17.6. The number of rotatable bonds is 6. The Bertz CT molecular complexity index is 975. The summed E-state index contributed by atoms with van der Waals surface area (Å²) in [7, 11) is 0. The van der Waals surface area contributed by atoms with Crippen LogP contribution in [0.25, 0.3) is 0 Å². The van der Waals surface area contributed by atoms with Gasteiger partial charge >= 0.3 is 0 Å². The largest absolute Gasteiger partial charge is 0.492 e. The predicted octanol–water partition coefficient (Wildman–Crippen LogP) is 2.44. The minimum Gasteiger partial charge on any atom is -0.492 e. The Hall–Kier alpha value is -3.30. The number of hydrogen-bond acceptors (Lipinski definition) is 4. The lowest BCUT2D eigenvalue weighted by Gasteiger charge is -2.35. The van der Waals surface area contributed by atoms with Crippen LogP contribution in [0.3, 0.4) is 0 Å². The maximum Gasteiger partial charge on any atom is 0.253 e. The molecule has 4 rings (SSSR count). The van der Waals surface area contributed by atoms with Crippen molar-refractivity contribution in [3.8, 4) is 18.1 Å². The Morgan fingerprint density at radius 3 is 2.55 bits per heavy atom. The Labute approximate surface area is 183 Å². The molecule has 0 radical (unpaired) electrons. The van der Waals surface area contributed by atoms with E-state index in [1.54, 1.807) is 4.90 Å². The van der Waals surface area contributed by atoms with Crippen molar-refractivity contribution in [2.75, 3.05) is 50.8 Å². The Balaban J connectivity index is 1.31. The molecule has 0 aliphatic carbocycles. The van der Waals surface area contributed by atoms with Crippen molar-refractivity contribution in [1.82, 2.24) is 9.80 Å². The van der Waals surface area contributed by atoms with Crippen LogP contribution >= 0.6 is 0 Å². The van der Waals surface area contributed by atoms with Crippen molar-refractivity contribution >= 4 is 17.5 Å². The van der Waals surface area contributed by atoms with E-state index in [9.17, 15) is 9.59 Å². The molecular weight excluding hydrogens is 390 g/mol. The van der Waals surface area contributed by atoms with Gasteiger partial charge in [-0.1, -0.05) is 24.1 Å². The zero-order chi connectivity index (χ0) is 21.6. The second kappa shape index (κ2) is 9.67. The van der Waals surface area contributed by atoms with Gasteiger partial charge in [-0.2, -0.15) is 0 Å². The van der Waals surface area contributed by atoms with Gasteiger partial charge in [0.15, 0.2) is 0 Å². The third-order valence-electron chi connectivity index (χ3n) is 5.85. The van der Waals surface area contributed by atoms with Crippen LogP contribution in [0.5, 0.6) is 5.75 Å². The summed E-state index contributed by atoms with van der Waals surface area (Å²) in [5, 5.41) is 0. The quantitative estimate of drug-likeness (QED) is 0.678. The number of aryl methyl sites for hydroxylation is 1. The van der Waals surface area contributed by atoms with E-state index in [2.05, 4.69) is 10.8 Å². The standard InChI is InChI=1S/C25H27N3O3/c1-2-12-28-23-10-8-21(19-20(23)9-11-24(28)29)25(30)27-15-13-26(14-16-27)17-18-31-22-6-4-3-5-7-22/h1,3-8,10,19H,9,11-18H2. The maximum atomic E-state index is 13.0. The lowest BCUT2D eigenvalue weighted by molar-refractivity contribution is -0.118. The van der Waals surface area contributed by atoms with E-state index >= 15 is 0 Å². The molecule has 2 aromatic rings. The Morgan fingerprint density at radius 2 is 1.81 bits per heavy atom. The van der Waals surface area contributed by atoms with Crippen molar-refractivity contribution in [3.05, 3.63) is 59.7 Å². The fraction of sp³-hybridized carbons (Fsp3) is 0.360. The van der Waals surface area contributed by atoms with E-state index in [1.165, 1.54) is 0 Å². The van der Waals surface area contributed by atoms with Gasteiger partial charge in [0.2, 0.25) is 5.91 Å². The number of benzene rings is 2. The molecule has 2 amide bonds. The van der Waals surface area contributed by atoms with Gasteiger partial charge in [0.25, 0.3) is 5.91 Å². The molecule has 2 aromatic carbocycles. The lowest BCUT2D eigenvalue weighted by Crippen LogP contribution is -2.49. The Kier molecular flexibility index (Phi) is 6.54. The molecule has 160 valence electrons. The van der Waals surface area contributed by atoms with Crippen LogP contribution in [-0.4, -0.2) is 67.5 Å². The minimum atomic E-state index is 0.0388. The zero-order valence-electron chi connectivity index (χ0n) is 17.6. The van der Waals surface area contributed by atoms with Gasteiger partial charge in [0, 0.05) is 50.4 Å². The second-order valence-electron chi connectivity index (χ2n) is 7.82. The fourth-order valence-electron chi connectivity index (χ4n) is 4.12. The normalized spacial score (nSPS) is 16.5. The van der Waals surface area contributed by atoms with E-state index in [1.807, 2.05) is 53.4 Å². The summed E-state index contributed by atoms with van der Waals surface area (Å²) in [6.07, 6.45) is 6.48. The first-order chi connectivity index (χ1) is 15.2. The van der Waals surface area contributed by atoms with Crippen LogP contribution in [0, 0.1) is 12.3 Å². The first-order valence-corrected chi connectivity index (χ1v) is 10.7. The van der Waals surface area contributed by atoms with E-state index in [0.717, 1.165) is 36.6 Å². The minimum absolute atomic E-state index is 0.0388. The number of fused-ring (bicyclic) bond motifs is 1. The van der Waals surface area contributed by atoms with Gasteiger partial charge in [-0.3, -0.25) is 14.5 Å². The molecule has 2 aliphatic rings. The number of amides is 2. The van der Waals surface area contributed by atoms with Crippen molar-refractivity contribution in [3.63, 3.8) is 0 Å². The van der Waals surface area contributed by atoms with Crippen LogP contribution in [0.2, 0.25) is 0 Å². The molecule has 0 spiro atoms. The monoisotopic (exact) mass is 417 g/mol. The molecule has 1 fully saturated rings. The van der Waals surface area contributed by atoms with Crippen LogP contribution in [0.4, 0.5) is 5.69 Å². The highest BCUT2D eigenvalue weighted by Gasteiger charge is 2.26. The van der Waals surface area contributed by atoms with Crippen molar-refractivity contribution < 1.29 is 14.3 Å². The molecule has 0 atom stereocenters. The summed E-state index contributed by atoms with van der Waals surface area (Å²) in [4.78, 5) is 31.0. The number of ether oxygens (including phenoxy) is 1. The average molecular weight is 418 g/mol. The maximum absolute atomic E-state index is 13.0. The van der Waals surface area contributed by atoms with Gasteiger partial charge in [-0.25, -0.2) is 0 Å². The molecule has 6 heteroatoms. The summed E-state index contributed by atoms with van der Waals surface area (Å²) in [5.41, 5.74) is 2.51. The molecule has 1 saturated heterocycles. The molecule has 0 saturated carbocycles. The molecule has 0 N–H and O–H groups in total. The number of hydrogen-bond donors (Lipinski definition) is 0. The number of piperazine rings is 1. The summed E-state index contributed by atoms with van der Waals surface area (Å²) in [5.74, 6) is 3.51. The molecule has 31 heavy (non-hydrogen) atoms. The number of carbonyl (C=O) groups is 2. The Morgan fingerprint density at radius 1 is 1.03 bits per heavy atom. The lowest BCUT2D eigenvalue weighted by atomic mass is 9.98. The summed E-state index contributed by atoms with van der Waals surface area (Å²) < 4.78 is 5.78. The molecule has 2 aliphatic heterocycles. The fourth-order valence-corrected chi connectivity index (χ4v) is 4.12. The third kappa shape index (κ3) is 4.89. The number of carbonyl (C=O) groups excluding carboxylic acids is 2. The third-order valence-corrected chi connectivity index (χ3v) is 5.85. The smallest absolute Gasteiger partial charge is 0.253 e. The molecule has 0 unspecified atom stereocenters. The topological polar surface area (TPSA) is 53.1 Å². The van der Waals surface area contributed by atoms with Crippen LogP contribution < -0.4 is 9.64 Å². The number of anilines is 1. The highest BCUT2D eigenvalue weighted by atomic mass is 16.5. The SMILES string of the molecule is C#CCN1C(=O)CCc2cc(C(=O)N3CCN(CCOc4ccccc4)CC3)ccc21. The van der Waals surface area contributed by atoms with Crippen LogP contribution in [0.15, 0.2) is 48.5 Å². The summed E-state index contributed by atoms with van der Waals surface area (Å²) in [6, 6.07) is 15.4. The number of nitrogens with zero attached hydrogens (tertiary/aromatic N) is 3. The van der Waals surface area contributed by atoms with Gasteiger partial charge in [0.05, 0.1) is 6.54 Å². The molecular formula is C25H27N3O3. The molecule has 0 bridgehead atoms. The van der Waals surface area contributed by atoms with E-state index in [0.29, 0.717) is 38.1 Å². The van der Waals surface area contributed by atoms with Crippen molar-refractivity contribution in [2.45, 2.75) is 12.8 Å². The van der Waals surface area contributed by atoms with E-state index < -0.39 is 0 Å². The number of terminal acetylenes is 1.